The normalized spacial score (nSPS) is 28.4. The second-order valence-corrected chi connectivity index (χ2v) is 8.60. The molecule has 3 atom stereocenters. The highest BCUT2D eigenvalue weighted by atomic mass is 32.1. The Balaban J connectivity index is 1.58. The molecule has 0 spiro atoms. The Kier molecular flexibility index (Phi) is 5.01. The van der Waals surface area contributed by atoms with Gasteiger partial charge in [-0.05, 0) is 43.4 Å². The number of alkyl halides is 2. The SMILES string of the molecule is Cn1nc(C(F)F)c(C(=S)N(CC2CCCC3CCCC32)C2CC2)c1F. The summed E-state index contributed by atoms with van der Waals surface area (Å²) in [6, 6.07) is 0.273. The Morgan fingerprint density at radius 1 is 1.19 bits per heavy atom. The lowest BCUT2D eigenvalue weighted by Crippen LogP contribution is -2.41. The van der Waals surface area contributed by atoms with Crippen LogP contribution < -0.4 is 0 Å². The van der Waals surface area contributed by atoms with Crippen LogP contribution in [0, 0.1) is 23.7 Å². The lowest BCUT2D eigenvalue weighted by molar-refractivity contribution is 0.143. The third-order valence-corrected chi connectivity index (χ3v) is 7.02. The summed E-state index contributed by atoms with van der Waals surface area (Å²) in [5.74, 6) is 1.33. The molecule has 3 saturated carbocycles. The van der Waals surface area contributed by atoms with Gasteiger partial charge in [0.1, 0.15) is 10.7 Å². The number of hydrogen-bond acceptors (Lipinski definition) is 2. The van der Waals surface area contributed by atoms with Gasteiger partial charge in [-0.1, -0.05) is 37.9 Å². The van der Waals surface area contributed by atoms with Crippen LogP contribution in [0.5, 0.6) is 0 Å². The van der Waals surface area contributed by atoms with Gasteiger partial charge in [0.25, 0.3) is 6.43 Å². The zero-order valence-electron chi connectivity index (χ0n) is 15.1. The summed E-state index contributed by atoms with van der Waals surface area (Å²) in [5, 5.41) is 3.67. The van der Waals surface area contributed by atoms with Crippen LogP contribution in [0.2, 0.25) is 0 Å². The number of nitrogens with zero attached hydrogens (tertiary/aromatic N) is 3. The Bertz CT molecular complexity index is 686. The largest absolute Gasteiger partial charge is 0.359 e. The molecule has 0 N–H and O–H groups in total. The van der Waals surface area contributed by atoms with Crippen molar-refractivity contribution in [3.63, 3.8) is 0 Å². The van der Waals surface area contributed by atoms with Crippen molar-refractivity contribution in [2.75, 3.05) is 6.54 Å². The van der Waals surface area contributed by atoms with E-state index in [-0.39, 0.29) is 16.6 Å². The summed E-state index contributed by atoms with van der Waals surface area (Å²) in [7, 11) is 1.35. The molecule has 0 amide bonds. The molecule has 0 aliphatic heterocycles. The van der Waals surface area contributed by atoms with E-state index < -0.39 is 18.1 Å². The predicted octanol–water partition coefficient (Wildman–Crippen LogP) is 4.85. The zero-order valence-corrected chi connectivity index (χ0v) is 16.0. The minimum Gasteiger partial charge on any atom is -0.359 e. The fourth-order valence-electron chi connectivity index (χ4n) is 5.18. The number of aryl methyl sites for hydroxylation is 1. The summed E-state index contributed by atoms with van der Waals surface area (Å²) in [4.78, 5) is 2.28. The number of rotatable bonds is 5. The van der Waals surface area contributed by atoms with E-state index in [0.717, 1.165) is 35.9 Å². The molecule has 0 radical (unpaired) electrons. The average Bonchev–Trinajstić information content (AvgIpc) is 3.25. The standard InChI is InChI=1S/C19H26F3N3S/c1-24-18(22)15(16(23-24)17(20)21)19(26)25(13-8-9-13)10-12-6-2-4-11-5-3-7-14(11)12/h11-14,17H,2-10H2,1H3. The van der Waals surface area contributed by atoms with Crippen LogP contribution >= 0.6 is 12.2 Å². The molecule has 1 aromatic rings. The molecule has 0 bridgehead atoms. The van der Waals surface area contributed by atoms with Gasteiger partial charge in [0, 0.05) is 19.6 Å². The van der Waals surface area contributed by atoms with Crippen molar-refractivity contribution < 1.29 is 13.2 Å². The molecular formula is C19H26F3N3S. The average molecular weight is 385 g/mol. The summed E-state index contributed by atoms with van der Waals surface area (Å²) in [5.41, 5.74) is -0.689. The lowest BCUT2D eigenvalue weighted by atomic mass is 9.73. The third kappa shape index (κ3) is 3.27. The molecule has 3 unspecified atom stereocenters. The van der Waals surface area contributed by atoms with Crippen molar-refractivity contribution in [2.24, 2.45) is 24.8 Å². The number of fused-ring (bicyclic) bond motifs is 1. The first-order valence-corrected chi connectivity index (χ1v) is 10.2. The van der Waals surface area contributed by atoms with Gasteiger partial charge in [0.05, 0.1) is 5.56 Å². The maximum Gasteiger partial charge on any atom is 0.282 e. The number of hydrogen-bond donors (Lipinski definition) is 0. The first-order chi connectivity index (χ1) is 12.5. The molecule has 7 heteroatoms. The van der Waals surface area contributed by atoms with Crippen LogP contribution in [0.3, 0.4) is 0 Å². The minimum absolute atomic E-state index is 0.164. The van der Waals surface area contributed by atoms with E-state index in [9.17, 15) is 13.2 Å². The molecule has 1 heterocycles. The van der Waals surface area contributed by atoms with Crippen molar-refractivity contribution in [1.29, 1.82) is 0 Å². The van der Waals surface area contributed by atoms with Crippen LogP contribution in [0.15, 0.2) is 0 Å². The molecule has 26 heavy (non-hydrogen) atoms. The first kappa shape index (κ1) is 18.3. The Labute approximate surface area is 157 Å². The molecule has 3 fully saturated rings. The van der Waals surface area contributed by atoms with Crippen molar-refractivity contribution in [3.05, 3.63) is 17.2 Å². The summed E-state index contributed by atoms with van der Waals surface area (Å²) in [6.45, 7) is 0.779. The molecule has 0 saturated heterocycles. The van der Waals surface area contributed by atoms with Gasteiger partial charge in [-0.2, -0.15) is 9.49 Å². The van der Waals surface area contributed by atoms with E-state index >= 15 is 0 Å². The van der Waals surface area contributed by atoms with Crippen molar-refractivity contribution in [2.45, 2.75) is 63.8 Å². The van der Waals surface area contributed by atoms with E-state index in [0.29, 0.717) is 5.92 Å². The Morgan fingerprint density at radius 2 is 1.88 bits per heavy atom. The molecular weight excluding hydrogens is 359 g/mol. The van der Waals surface area contributed by atoms with E-state index in [2.05, 4.69) is 5.10 Å². The third-order valence-electron chi connectivity index (χ3n) is 6.58. The second-order valence-electron chi connectivity index (χ2n) is 8.21. The van der Waals surface area contributed by atoms with Crippen LogP contribution in [-0.4, -0.2) is 32.3 Å². The number of aromatic nitrogens is 2. The molecule has 144 valence electrons. The van der Waals surface area contributed by atoms with Crippen LogP contribution in [0.4, 0.5) is 13.2 Å². The zero-order chi connectivity index (χ0) is 18.4. The van der Waals surface area contributed by atoms with Crippen molar-refractivity contribution in [3.8, 4) is 0 Å². The van der Waals surface area contributed by atoms with E-state index in [4.69, 9.17) is 12.2 Å². The van der Waals surface area contributed by atoms with Gasteiger partial charge in [-0.25, -0.2) is 13.5 Å². The summed E-state index contributed by atoms with van der Waals surface area (Å²) >= 11 is 5.55. The maximum absolute atomic E-state index is 14.5. The molecule has 3 aliphatic rings. The van der Waals surface area contributed by atoms with Gasteiger partial charge in [0.2, 0.25) is 5.95 Å². The highest BCUT2D eigenvalue weighted by Crippen LogP contribution is 2.46. The predicted molar refractivity (Wildman–Crippen MR) is 97.7 cm³/mol. The number of halogens is 3. The summed E-state index contributed by atoms with van der Waals surface area (Å²) in [6.07, 6.45) is 6.80. The summed E-state index contributed by atoms with van der Waals surface area (Å²) < 4.78 is 42.2. The molecule has 3 aliphatic carbocycles. The van der Waals surface area contributed by atoms with E-state index in [1.807, 2.05) is 4.90 Å². The van der Waals surface area contributed by atoms with Gasteiger partial charge in [-0.15, -0.1) is 0 Å². The van der Waals surface area contributed by atoms with Crippen LogP contribution in [-0.2, 0) is 7.05 Å². The van der Waals surface area contributed by atoms with E-state index in [1.54, 1.807) is 0 Å². The highest BCUT2D eigenvalue weighted by molar-refractivity contribution is 7.80. The van der Waals surface area contributed by atoms with Gasteiger partial charge in [0.15, 0.2) is 0 Å². The molecule has 0 aromatic carbocycles. The fourth-order valence-corrected chi connectivity index (χ4v) is 5.59. The van der Waals surface area contributed by atoms with E-state index in [1.165, 1.54) is 45.6 Å². The van der Waals surface area contributed by atoms with Crippen molar-refractivity contribution in [1.82, 2.24) is 14.7 Å². The fraction of sp³-hybridized carbons (Fsp3) is 0.789. The maximum atomic E-state index is 14.5. The monoisotopic (exact) mass is 385 g/mol. The number of thiocarbonyl (C=S) groups is 1. The van der Waals surface area contributed by atoms with Gasteiger partial charge < -0.3 is 4.90 Å². The lowest BCUT2D eigenvalue weighted by Gasteiger charge is -2.38. The van der Waals surface area contributed by atoms with Crippen LogP contribution in [0.25, 0.3) is 0 Å². The Hall–Kier alpha value is -1.11. The molecule has 1 aromatic heterocycles. The van der Waals surface area contributed by atoms with Gasteiger partial charge >= 0.3 is 0 Å². The van der Waals surface area contributed by atoms with Crippen molar-refractivity contribution >= 4 is 17.2 Å². The second kappa shape index (κ2) is 7.13. The Morgan fingerprint density at radius 3 is 2.54 bits per heavy atom. The highest BCUT2D eigenvalue weighted by Gasteiger charge is 2.41. The quantitative estimate of drug-likeness (QED) is 0.676. The minimum atomic E-state index is -2.83. The molecule has 4 rings (SSSR count). The first-order valence-electron chi connectivity index (χ1n) is 9.79. The molecule has 3 nitrogen and oxygen atoms in total. The van der Waals surface area contributed by atoms with Crippen LogP contribution in [0.1, 0.15) is 69.0 Å². The smallest absolute Gasteiger partial charge is 0.282 e. The van der Waals surface area contributed by atoms with Gasteiger partial charge in [-0.3, -0.25) is 0 Å². The topological polar surface area (TPSA) is 21.1 Å².